The molecule has 1 unspecified atom stereocenters. The largest absolute Gasteiger partial charge is 0.369 e. The lowest BCUT2D eigenvalue weighted by Gasteiger charge is -2.26. The van der Waals surface area contributed by atoms with Crippen LogP contribution in [-0.4, -0.2) is 19.0 Å². The summed E-state index contributed by atoms with van der Waals surface area (Å²) in [4.78, 5) is 11.0. The van der Waals surface area contributed by atoms with Crippen molar-refractivity contribution in [2.24, 2.45) is 17.1 Å². The van der Waals surface area contributed by atoms with Crippen molar-refractivity contribution in [2.45, 2.75) is 20.3 Å². The lowest BCUT2D eigenvalue weighted by Crippen LogP contribution is -2.39. The van der Waals surface area contributed by atoms with Crippen LogP contribution in [0.5, 0.6) is 0 Å². The Balaban J connectivity index is 2.62. The van der Waals surface area contributed by atoms with E-state index in [0.29, 0.717) is 5.92 Å². The van der Waals surface area contributed by atoms with E-state index in [1.165, 1.54) is 0 Å². The first kappa shape index (κ1) is 8.53. The van der Waals surface area contributed by atoms with Gasteiger partial charge in [0.25, 0.3) is 0 Å². The molecule has 1 heterocycles. The van der Waals surface area contributed by atoms with Crippen molar-refractivity contribution >= 4 is 5.91 Å². The van der Waals surface area contributed by atoms with Crippen LogP contribution in [-0.2, 0) is 4.79 Å². The van der Waals surface area contributed by atoms with Gasteiger partial charge in [0, 0.05) is 5.41 Å². The van der Waals surface area contributed by atoms with E-state index in [1.54, 1.807) is 0 Å². The summed E-state index contributed by atoms with van der Waals surface area (Å²) in [5.41, 5.74) is 4.94. The van der Waals surface area contributed by atoms with Gasteiger partial charge in [0.15, 0.2) is 0 Å². The van der Waals surface area contributed by atoms with Crippen molar-refractivity contribution in [3.8, 4) is 0 Å². The summed E-state index contributed by atoms with van der Waals surface area (Å²) in [7, 11) is 0. The van der Waals surface area contributed by atoms with E-state index >= 15 is 0 Å². The van der Waals surface area contributed by atoms with Crippen LogP contribution in [0.3, 0.4) is 0 Å². The Morgan fingerprint density at radius 2 is 2.27 bits per heavy atom. The van der Waals surface area contributed by atoms with Gasteiger partial charge in [0.2, 0.25) is 5.91 Å². The van der Waals surface area contributed by atoms with Gasteiger partial charge in [0.05, 0.1) is 0 Å². The van der Waals surface area contributed by atoms with Crippen molar-refractivity contribution in [2.75, 3.05) is 13.1 Å². The van der Waals surface area contributed by atoms with E-state index in [1.807, 2.05) is 13.8 Å². The Bertz CT molecular complexity index is 159. The molecule has 1 aliphatic heterocycles. The van der Waals surface area contributed by atoms with Crippen LogP contribution in [0.2, 0.25) is 0 Å². The average Bonchev–Trinajstić information content (AvgIpc) is 2.37. The Morgan fingerprint density at radius 1 is 1.64 bits per heavy atom. The SMILES string of the molecule is CC(C)(C(N)=O)C1CCNC1. The minimum absolute atomic E-state index is 0.189. The molecule has 64 valence electrons. The number of nitrogens with two attached hydrogens (primary N) is 1. The van der Waals surface area contributed by atoms with Crippen LogP contribution in [0.25, 0.3) is 0 Å². The Labute approximate surface area is 67.3 Å². The molecule has 0 aromatic heterocycles. The lowest BCUT2D eigenvalue weighted by molar-refractivity contribution is -0.128. The minimum Gasteiger partial charge on any atom is -0.369 e. The third-order valence-electron chi connectivity index (χ3n) is 2.72. The molecule has 3 N–H and O–H groups in total. The second-order valence-electron chi connectivity index (χ2n) is 3.78. The second-order valence-corrected chi connectivity index (χ2v) is 3.78. The summed E-state index contributed by atoms with van der Waals surface area (Å²) in [5.74, 6) is 0.228. The van der Waals surface area contributed by atoms with E-state index < -0.39 is 0 Å². The van der Waals surface area contributed by atoms with Crippen LogP contribution in [0.15, 0.2) is 0 Å². The molecule has 3 heteroatoms. The molecule has 1 atom stereocenters. The fraction of sp³-hybridized carbons (Fsp3) is 0.875. The molecule has 1 aliphatic rings. The molecule has 1 saturated heterocycles. The molecule has 11 heavy (non-hydrogen) atoms. The standard InChI is InChI=1S/C8H16N2O/c1-8(2,7(9)11)6-3-4-10-5-6/h6,10H,3-5H2,1-2H3,(H2,9,11). The Kier molecular flexibility index (Phi) is 2.18. The van der Waals surface area contributed by atoms with Crippen LogP contribution < -0.4 is 11.1 Å². The van der Waals surface area contributed by atoms with Gasteiger partial charge in [0.1, 0.15) is 0 Å². The Hall–Kier alpha value is -0.570. The number of rotatable bonds is 2. The highest BCUT2D eigenvalue weighted by molar-refractivity contribution is 5.80. The van der Waals surface area contributed by atoms with Crippen molar-refractivity contribution in [1.82, 2.24) is 5.32 Å². The zero-order chi connectivity index (χ0) is 8.48. The van der Waals surface area contributed by atoms with Crippen LogP contribution in [0.4, 0.5) is 0 Å². The number of nitrogens with one attached hydrogen (secondary N) is 1. The van der Waals surface area contributed by atoms with Crippen LogP contribution >= 0.6 is 0 Å². The van der Waals surface area contributed by atoms with Gasteiger partial charge in [-0.3, -0.25) is 4.79 Å². The predicted molar refractivity (Wildman–Crippen MR) is 44.0 cm³/mol. The number of primary amides is 1. The summed E-state index contributed by atoms with van der Waals surface area (Å²) in [6.07, 6.45) is 1.07. The van der Waals surface area contributed by atoms with Gasteiger partial charge >= 0.3 is 0 Å². The minimum atomic E-state index is -0.344. The average molecular weight is 156 g/mol. The maximum Gasteiger partial charge on any atom is 0.223 e. The zero-order valence-electron chi connectivity index (χ0n) is 7.18. The van der Waals surface area contributed by atoms with Gasteiger partial charge in [-0.25, -0.2) is 0 Å². The molecule has 3 nitrogen and oxygen atoms in total. The molecule has 1 amide bonds. The maximum atomic E-state index is 11.0. The van der Waals surface area contributed by atoms with Gasteiger partial charge in [-0.1, -0.05) is 13.8 Å². The summed E-state index contributed by atoms with van der Waals surface area (Å²) >= 11 is 0. The highest BCUT2D eigenvalue weighted by atomic mass is 16.1. The molecule has 0 saturated carbocycles. The van der Waals surface area contributed by atoms with E-state index in [-0.39, 0.29) is 11.3 Å². The molecule has 0 aromatic carbocycles. The van der Waals surface area contributed by atoms with E-state index in [4.69, 9.17) is 5.73 Å². The van der Waals surface area contributed by atoms with Crippen molar-refractivity contribution < 1.29 is 4.79 Å². The summed E-state index contributed by atoms with van der Waals surface area (Å²) in [6, 6.07) is 0. The highest BCUT2D eigenvalue weighted by Crippen LogP contribution is 2.30. The number of hydrogen-bond acceptors (Lipinski definition) is 2. The maximum absolute atomic E-state index is 11.0. The molecule has 0 spiro atoms. The molecule has 0 aromatic rings. The molecule has 0 bridgehead atoms. The van der Waals surface area contributed by atoms with E-state index in [9.17, 15) is 4.79 Å². The Morgan fingerprint density at radius 3 is 2.64 bits per heavy atom. The molecular formula is C8H16N2O. The molecule has 1 fully saturated rings. The van der Waals surface area contributed by atoms with Gasteiger partial charge in [-0.15, -0.1) is 0 Å². The highest BCUT2D eigenvalue weighted by Gasteiger charge is 2.36. The normalized spacial score (nSPS) is 25.5. The fourth-order valence-electron chi connectivity index (χ4n) is 1.47. The first-order valence-corrected chi connectivity index (χ1v) is 4.06. The third kappa shape index (κ3) is 1.53. The monoisotopic (exact) mass is 156 g/mol. The van der Waals surface area contributed by atoms with Gasteiger partial charge in [-0.05, 0) is 25.4 Å². The van der Waals surface area contributed by atoms with Gasteiger partial charge in [-0.2, -0.15) is 0 Å². The topological polar surface area (TPSA) is 55.1 Å². The number of hydrogen-bond donors (Lipinski definition) is 2. The number of carbonyl (C=O) groups is 1. The number of carbonyl (C=O) groups excluding carboxylic acids is 1. The third-order valence-corrected chi connectivity index (χ3v) is 2.72. The zero-order valence-corrected chi connectivity index (χ0v) is 7.18. The quantitative estimate of drug-likeness (QED) is 0.596. The van der Waals surface area contributed by atoms with Gasteiger partial charge < -0.3 is 11.1 Å². The van der Waals surface area contributed by atoms with Crippen LogP contribution in [0.1, 0.15) is 20.3 Å². The van der Waals surface area contributed by atoms with Crippen molar-refractivity contribution in [3.05, 3.63) is 0 Å². The first-order valence-electron chi connectivity index (χ1n) is 4.06. The summed E-state index contributed by atoms with van der Waals surface area (Å²) < 4.78 is 0. The van der Waals surface area contributed by atoms with E-state index in [0.717, 1.165) is 19.5 Å². The second kappa shape index (κ2) is 2.81. The summed E-state index contributed by atoms with van der Waals surface area (Å²) in [6.45, 7) is 5.79. The van der Waals surface area contributed by atoms with E-state index in [2.05, 4.69) is 5.32 Å². The first-order chi connectivity index (χ1) is 5.05. The number of amides is 1. The van der Waals surface area contributed by atoms with Crippen LogP contribution in [0, 0.1) is 11.3 Å². The smallest absolute Gasteiger partial charge is 0.223 e. The predicted octanol–water partition coefficient (Wildman–Crippen LogP) is 0.107. The lowest BCUT2D eigenvalue weighted by atomic mass is 9.78. The van der Waals surface area contributed by atoms with Crippen molar-refractivity contribution in [1.29, 1.82) is 0 Å². The molecule has 0 radical (unpaired) electrons. The molecule has 0 aliphatic carbocycles. The van der Waals surface area contributed by atoms with Crippen molar-refractivity contribution in [3.63, 3.8) is 0 Å². The summed E-state index contributed by atoms with van der Waals surface area (Å²) in [5, 5.41) is 3.23. The molecule has 1 rings (SSSR count). The fourth-order valence-corrected chi connectivity index (χ4v) is 1.47. The molecular weight excluding hydrogens is 140 g/mol.